The largest absolute Gasteiger partial charge is 0.309 e. The summed E-state index contributed by atoms with van der Waals surface area (Å²) in [5, 5.41) is 0. The number of hydrogen-bond donors (Lipinski definition) is 0. The van der Waals surface area contributed by atoms with Crippen LogP contribution in [0.1, 0.15) is 16.7 Å². The second-order valence-corrected chi connectivity index (χ2v) is 15.7. The first-order chi connectivity index (χ1) is 26.5. The second-order valence-electron chi connectivity index (χ2n) is 14.7. The molecule has 2 aliphatic rings. The van der Waals surface area contributed by atoms with Crippen molar-refractivity contribution in [3.63, 3.8) is 0 Å². The number of fused-ring (bicyclic) bond motifs is 4. The molecule has 0 amide bonds. The third-order valence-electron chi connectivity index (χ3n) is 11.2. The average Bonchev–Trinajstić information content (AvgIpc) is 3.21. The van der Waals surface area contributed by atoms with Gasteiger partial charge in [-0.15, -0.1) is 0 Å². The summed E-state index contributed by atoms with van der Waals surface area (Å²) in [4.78, 5) is 5.12. The van der Waals surface area contributed by atoms with Gasteiger partial charge in [-0.2, -0.15) is 0 Å². The first kappa shape index (κ1) is 32.6. The first-order valence-electron chi connectivity index (χ1n) is 18.8. The normalized spacial score (nSPS) is 12.6. The van der Waals surface area contributed by atoms with Crippen LogP contribution >= 0.6 is 11.8 Å². The highest BCUT2D eigenvalue weighted by Crippen LogP contribution is 2.52. The minimum Gasteiger partial charge on any atom is -0.309 e. The van der Waals surface area contributed by atoms with Gasteiger partial charge in [0.1, 0.15) is 0 Å². The lowest BCUT2D eigenvalue weighted by Crippen LogP contribution is -2.58. The smallest absolute Gasteiger partial charge is 0.248 e. The molecular formula is C51H38BNS. The summed E-state index contributed by atoms with van der Waals surface area (Å²) in [6, 6.07) is 65.5. The lowest BCUT2D eigenvalue weighted by Gasteiger charge is -2.42. The Balaban J connectivity index is 1.34. The number of benzene rings is 8. The van der Waals surface area contributed by atoms with Gasteiger partial charge >= 0.3 is 0 Å². The molecule has 0 saturated carbocycles. The van der Waals surface area contributed by atoms with Crippen LogP contribution in [-0.4, -0.2) is 6.71 Å². The average molecular weight is 708 g/mol. The molecule has 0 aliphatic carbocycles. The van der Waals surface area contributed by atoms with E-state index in [0.717, 1.165) is 0 Å². The molecule has 0 N–H and O–H groups in total. The van der Waals surface area contributed by atoms with E-state index in [1.54, 1.807) is 0 Å². The van der Waals surface area contributed by atoms with Gasteiger partial charge in [-0.25, -0.2) is 0 Å². The van der Waals surface area contributed by atoms with Crippen LogP contribution in [0.15, 0.2) is 186 Å². The van der Waals surface area contributed by atoms with Crippen LogP contribution in [0.4, 0.5) is 17.1 Å². The Labute approximate surface area is 323 Å². The van der Waals surface area contributed by atoms with Crippen molar-refractivity contribution in [3.8, 4) is 44.5 Å². The molecule has 0 bridgehead atoms. The van der Waals surface area contributed by atoms with Crippen molar-refractivity contribution in [2.24, 2.45) is 0 Å². The van der Waals surface area contributed by atoms with E-state index in [9.17, 15) is 0 Å². The molecule has 0 fully saturated rings. The summed E-state index contributed by atoms with van der Waals surface area (Å²) >= 11 is 1.89. The van der Waals surface area contributed by atoms with Gasteiger partial charge < -0.3 is 4.90 Å². The topological polar surface area (TPSA) is 3.24 Å². The monoisotopic (exact) mass is 707 g/mol. The third kappa shape index (κ3) is 5.34. The van der Waals surface area contributed by atoms with Gasteiger partial charge in [-0.3, -0.25) is 0 Å². The van der Waals surface area contributed by atoms with Crippen molar-refractivity contribution in [2.45, 2.75) is 30.6 Å². The van der Waals surface area contributed by atoms with E-state index in [4.69, 9.17) is 0 Å². The van der Waals surface area contributed by atoms with Crippen LogP contribution in [0.25, 0.3) is 44.5 Å². The molecule has 0 atom stereocenters. The zero-order valence-corrected chi connectivity index (χ0v) is 31.5. The quantitative estimate of drug-likeness (QED) is 0.164. The number of anilines is 3. The highest BCUT2D eigenvalue weighted by Gasteiger charge is 2.41. The van der Waals surface area contributed by atoms with Crippen molar-refractivity contribution in [3.05, 3.63) is 193 Å². The molecule has 0 saturated heterocycles. The number of aryl methyl sites for hydroxylation is 3. The Hall–Kier alpha value is -6.03. The number of rotatable bonds is 5. The van der Waals surface area contributed by atoms with E-state index in [-0.39, 0.29) is 6.71 Å². The molecule has 8 aromatic carbocycles. The fourth-order valence-electron chi connectivity index (χ4n) is 9.04. The minimum absolute atomic E-state index is 0.0432. The maximum atomic E-state index is 2.55. The summed E-state index contributed by atoms with van der Waals surface area (Å²) in [6.07, 6.45) is 0. The van der Waals surface area contributed by atoms with Gasteiger partial charge in [-0.05, 0) is 124 Å². The van der Waals surface area contributed by atoms with Crippen molar-refractivity contribution in [2.75, 3.05) is 4.90 Å². The Morgan fingerprint density at radius 3 is 1.65 bits per heavy atom. The molecule has 0 unspecified atom stereocenters. The molecule has 54 heavy (non-hydrogen) atoms. The van der Waals surface area contributed by atoms with E-state index in [2.05, 4.69) is 202 Å². The van der Waals surface area contributed by atoms with Crippen LogP contribution in [0.5, 0.6) is 0 Å². The van der Waals surface area contributed by atoms with E-state index >= 15 is 0 Å². The van der Waals surface area contributed by atoms with Crippen molar-refractivity contribution >= 4 is 51.9 Å². The van der Waals surface area contributed by atoms with E-state index in [1.165, 1.54) is 104 Å². The van der Waals surface area contributed by atoms with Crippen LogP contribution in [0.3, 0.4) is 0 Å². The predicted molar refractivity (Wildman–Crippen MR) is 232 cm³/mol. The molecule has 8 aromatic rings. The Kier molecular flexibility index (Phi) is 7.93. The van der Waals surface area contributed by atoms with E-state index in [0.29, 0.717) is 0 Å². The molecule has 256 valence electrons. The number of para-hydroxylation sites is 2. The van der Waals surface area contributed by atoms with Crippen LogP contribution in [-0.2, 0) is 0 Å². The standard InChI is InChI=1S/C51H38BNS/c1-33-28-34(2)49(35(3)29-33)39-26-27-45-44(32-39)52(43-22-15-25-48-51(43)53(45)46-23-13-14-24-47(46)54-48)50-41(37-18-9-5-10-19-37)30-40(36-16-7-4-8-17-36)31-42(50)38-20-11-6-12-21-38/h4-32H,1-3H3. The Morgan fingerprint density at radius 1 is 0.426 bits per heavy atom. The van der Waals surface area contributed by atoms with E-state index < -0.39 is 0 Å². The summed E-state index contributed by atoms with van der Waals surface area (Å²) in [7, 11) is 0. The van der Waals surface area contributed by atoms with Gasteiger partial charge in [0.15, 0.2) is 0 Å². The molecule has 2 aliphatic heterocycles. The minimum atomic E-state index is -0.0432. The van der Waals surface area contributed by atoms with Crippen LogP contribution in [0, 0.1) is 20.8 Å². The van der Waals surface area contributed by atoms with Crippen molar-refractivity contribution in [1.82, 2.24) is 0 Å². The summed E-state index contributed by atoms with van der Waals surface area (Å²) in [5.41, 5.74) is 21.6. The number of nitrogens with zero attached hydrogens (tertiary/aromatic N) is 1. The van der Waals surface area contributed by atoms with Crippen LogP contribution < -0.4 is 21.3 Å². The van der Waals surface area contributed by atoms with Gasteiger partial charge in [0, 0.05) is 15.5 Å². The summed E-state index contributed by atoms with van der Waals surface area (Å²) in [5.74, 6) is 0. The molecule has 3 heteroatoms. The fraction of sp³-hybridized carbons (Fsp3) is 0.0588. The third-order valence-corrected chi connectivity index (χ3v) is 12.3. The van der Waals surface area contributed by atoms with Crippen molar-refractivity contribution in [1.29, 1.82) is 0 Å². The van der Waals surface area contributed by atoms with E-state index in [1.807, 2.05) is 11.8 Å². The molecular weight excluding hydrogens is 669 g/mol. The summed E-state index contributed by atoms with van der Waals surface area (Å²) in [6.45, 7) is 6.67. The Bertz CT molecular complexity index is 2640. The molecule has 0 aromatic heterocycles. The lowest BCUT2D eigenvalue weighted by molar-refractivity contribution is 1.17. The van der Waals surface area contributed by atoms with Crippen LogP contribution in [0.2, 0.25) is 0 Å². The lowest BCUT2D eigenvalue weighted by atomic mass is 9.33. The SMILES string of the molecule is Cc1cc(C)c(-c2ccc3c(c2)B(c2c(-c4ccccc4)cc(-c4ccccc4)cc2-c2ccccc2)c2cccc4c2N3c2ccccc2S4)c(C)c1. The molecule has 2 heterocycles. The zero-order valence-electron chi connectivity index (χ0n) is 30.7. The molecule has 1 nitrogen and oxygen atoms in total. The second kappa shape index (κ2) is 13.1. The van der Waals surface area contributed by atoms with Gasteiger partial charge in [0.05, 0.1) is 11.4 Å². The maximum Gasteiger partial charge on any atom is 0.248 e. The van der Waals surface area contributed by atoms with Gasteiger partial charge in [-0.1, -0.05) is 162 Å². The molecule has 0 spiro atoms. The molecule has 10 rings (SSSR count). The first-order valence-corrected chi connectivity index (χ1v) is 19.6. The predicted octanol–water partition coefficient (Wildman–Crippen LogP) is 12.0. The highest BCUT2D eigenvalue weighted by atomic mass is 32.2. The summed E-state index contributed by atoms with van der Waals surface area (Å²) < 4.78 is 0. The zero-order chi connectivity index (χ0) is 36.3. The fourth-order valence-corrected chi connectivity index (χ4v) is 10.1. The Morgan fingerprint density at radius 2 is 1.00 bits per heavy atom. The van der Waals surface area contributed by atoms with Gasteiger partial charge in [0.2, 0.25) is 6.71 Å². The van der Waals surface area contributed by atoms with Gasteiger partial charge in [0.25, 0.3) is 0 Å². The number of hydrogen-bond acceptors (Lipinski definition) is 2. The van der Waals surface area contributed by atoms with Crippen molar-refractivity contribution < 1.29 is 0 Å². The molecule has 0 radical (unpaired) electrons. The highest BCUT2D eigenvalue weighted by molar-refractivity contribution is 7.99. The maximum absolute atomic E-state index is 2.55.